The van der Waals surface area contributed by atoms with Crippen LogP contribution >= 0.6 is 0 Å². The maximum atomic E-state index is 12.9. The highest BCUT2D eigenvalue weighted by Gasteiger charge is 2.42. The number of phenols is 3. The number of aromatic hydroxyl groups is 3. The summed E-state index contributed by atoms with van der Waals surface area (Å²) >= 11 is 0. The van der Waals surface area contributed by atoms with E-state index in [4.69, 9.17) is 18.9 Å². The number of rotatable bonds is 5. The molecule has 0 bridgehead atoms. The van der Waals surface area contributed by atoms with E-state index in [9.17, 15) is 24.9 Å². The van der Waals surface area contributed by atoms with Crippen LogP contribution in [0.25, 0.3) is 0 Å². The maximum absolute atomic E-state index is 12.9. The SMILES string of the molecule is CC1(c2ccc(O)cc2)COc2cc(O)ccc2C1=O.COCOc1ccc2c(c1)OCC(C)(c1ccc(O)cc1)C2=O. The van der Waals surface area contributed by atoms with Gasteiger partial charge in [-0.3, -0.25) is 9.59 Å². The van der Waals surface area contributed by atoms with Gasteiger partial charge in [0, 0.05) is 19.2 Å². The topological polar surface area (TPSA) is 132 Å². The monoisotopic (exact) mass is 584 g/mol. The van der Waals surface area contributed by atoms with Crippen LogP contribution in [0.1, 0.15) is 45.7 Å². The van der Waals surface area contributed by atoms with Crippen LogP contribution in [0.5, 0.6) is 34.5 Å². The molecule has 0 fully saturated rings. The lowest BCUT2D eigenvalue weighted by molar-refractivity contribution is 0.0507. The molecule has 2 atom stereocenters. The van der Waals surface area contributed by atoms with Gasteiger partial charge >= 0.3 is 0 Å². The summed E-state index contributed by atoms with van der Waals surface area (Å²) in [5.74, 6) is 1.85. The van der Waals surface area contributed by atoms with Gasteiger partial charge in [-0.2, -0.15) is 0 Å². The van der Waals surface area contributed by atoms with Crippen LogP contribution in [0, 0.1) is 0 Å². The fourth-order valence-electron chi connectivity index (χ4n) is 5.10. The molecule has 3 N–H and O–H groups in total. The highest BCUT2D eigenvalue weighted by molar-refractivity contribution is 6.07. The number of Topliss-reactive ketones (excluding diaryl/α,β-unsaturated/α-hetero) is 2. The predicted molar refractivity (Wildman–Crippen MR) is 158 cm³/mol. The van der Waals surface area contributed by atoms with Crippen molar-refractivity contribution < 1.29 is 43.9 Å². The van der Waals surface area contributed by atoms with Crippen molar-refractivity contribution in [2.45, 2.75) is 24.7 Å². The number of carbonyl (C=O) groups excluding carboxylic acids is 2. The number of carbonyl (C=O) groups is 2. The summed E-state index contributed by atoms with van der Waals surface area (Å²) in [5.41, 5.74) is 1.01. The molecular formula is C34H32O9. The largest absolute Gasteiger partial charge is 0.508 e. The summed E-state index contributed by atoms with van der Waals surface area (Å²) in [4.78, 5) is 25.7. The molecule has 0 aromatic heterocycles. The van der Waals surface area contributed by atoms with Crippen LogP contribution in [-0.2, 0) is 15.6 Å². The number of hydrogen-bond donors (Lipinski definition) is 3. The first-order valence-corrected chi connectivity index (χ1v) is 13.6. The zero-order chi connectivity index (χ0) is 30.8. The molecule has 0 amide bonds. The van der Waals surface area contributed by atoms with E-state index in [-0.39, 0.29) is 48.8 Å². The van der Waals surface area contributed by atoms with E-state index in [0.29, 0.717) is 28.4 Å². The minimum atomic E-state index is -0.794. The van der Waals surface area contributed by atoms with Crippen molar-refractivity contribution in [2.75, 3.05) is 27.1 Å². The lowest BCUT2D eigenvalue weighted by Crippen LogP contribution is -2.42. The van der Waals surface area contributed by atoms with E-state index in [2.05, 4.69) is 0 Å². The second-order valence-corrected chi connectivity index (χ2v) is 10.9. The molecular weight excluding hydrogens is 552 g/mol. The predicted octanol–water partition coefficient (Wildman–Crippen LogP) is 5.54. The van der Waals surface area contributed by atoms with Gasteiger partial charge in [-0.1, -0.05) is 24.3 Å². The van der Waals surface area contributed by atoms with Gasteiger partial charge in [0.25, 0.3) is 0 Å². The van der Waals surface area contributed by atoms with E-state index >= 15 is 0 Å². The average molecular weight is 585 g/mol. The quantitative estimate of drug-likeness (QED) is 0.259. The highest BCUT2D eigenvalue weighted by atomic mass is 16.7. The number of fused-ring (bicyclic) bond motifs is 2. The molecule has 2 unspecified atom stereocenters. The van der Waals surface area contributed by atoms with Crippen molar-refractivity contribution in [3.63, 3.8) is 0 Å². The zero-order valence-electron chi connectivity index (χ0n) is 24.0. The maximum Gasteiger partial charge on any atom is 0.188 e. The smallest absolute Gasteiger partial charge is 0.188 e. The van der Waals surface area contributed by atoms with Crippen LogP contribution in [0.15, 0.2) is 84.9 Å². The Kier molecular flexibility index (Phi) is 8.02. The van der Waals surface area contributed by atoms with Gasteiger partial charge in [0.2, 0.25) is 0 Å². The van der Waals surface area contributed by atoms with E-state index in [1.54, 1.807) is 79.9 Å². The molecule has 0 aliphatic carbocycles. The van der Waals surface area contributed by atoms with Gasteiger partial charge in [-0.15, -0.1) is 0 Å². The van der Waals surface area contributed by atoms with Gasteiger partial charge in [-0.25, -0.2) is 0 Å². The third-order valence-corrected chi connectivity index (χ3v) is 7.79. The zero-order valence-corrected chi connectivity index (χ0v) is 24.0. The minimum Gasteiger partial charge on any atom is -0.508 e. The minimum absolute atomic E-state index is 0.0114. The fourth-order valence-corrected chi connectivity index (χ4v) is 5.10. The van der Waals surface area contributed by atoms with Crippen LogP contribution in [0.3, 0.4) is 0 Å². The van der Waals surface area contributed by atoms with Crippen LogP contribution in [0.4, 0.5) is 0 Å². The van der Waals surface area contributed by atoms with Crippen molar-refractivity contribution in [2.24, 2.45) is 0 Å². The van der Waals surface area contributed by atoms with Crippen molar-refractivity contribution in [3.05, 3.63) is 107 Å². The summed E-state index contributed by atoms with van der Waals surface area (Å²) in [5, 5.41) is 28.2. The number of methoxy groups -OCH3 is 1. The van der Waals surface area contributed by atoms with Gasteiger partial charge < -0.3 is 34.3 Å². The first-order valence-electron chi connectivity index (χ1n) is 13.6. The first kappa shape index (κ1) is 29.5. The average Bonchev–Trinajstić information content (AvgIpc) is 3.01. The van der Waals surface area contributed by atoms with Crippen molar-refractivity contribution >= 4 is 11.6 Å². The Morgan fingerprint density at radius 3 is 1.58 bits per heavy atom. The Morgan fingerprint density at radius 2 is 1.09 bits per heavy atom. The first-order chi connectivity index (χ1) is 20.5. The van der Waals surface area contributed by atoms with Crippen molar-refractivity contribution in [1.82, 2.24) is 0 Å². The third kappa shape index (κ3) is 5.72. The molecule has 0 saturated carbocycles. The molecule has 4 aromatic carbocycles. The molecule has 0 spiro atoms. The normalized spacial score (nSPS) is 20.4. The molecule has 9 nitrogen and oxygen atoms in total. The summed E-state index contributed by atoms with van der Waals surface area (Å²) in [6.45, 7) is 4.24. The van der Waals surface area contributed by atoms with Crippen LogP contribution in [-0.4, -0.2) is 54.0 Å². The number of hydrogen-bond acceptors (Lipinski definition) is 9. The number of ketones is 2. The lowest BCUT2D eigenvalue weighted by Gasteiger charge is -2.33. The summed E-state index contributed by atoms with van der Waals surface area (Å²) in [7, 11) is 1.54. The Labute approximate surface area is 248 Å². The van der Waals surface area contributed by atoms with Gasteiger partial charge in [0.15, 0.2) is 18.4 Å². The molecule has 9 heteroatoms. The fraction of sp³-hybridized carbons (Fsp3) is 0.235. The van der Waals surface area contributed by atoms with E-state index < -0.39 is 10.8 Å². The molecule has 0 saturated heterocycles. The molecule has 43 heavy (non-hydrogen) atoms. The van der Waals surface area contributed by atoms with Crippen LogP contribution in [0.2, 0.25) is 0 Å². The van der Waals surface area contributed by atoms with Crippen molar-refractivity contribution in [3.8, 4) is 34.5 Å². The Hall–Kier alpha value is -5.02. The van der Waals surface area contributed by atoms with Crippen LogP contribution < -0.4 is 14.2 Å². The second kappa shape index (κ2) is 11.7. The van der Waals surface area contributed by atoms with E-state index in [0.717, 1.165) is 11.1 Å². The Balaban J connectivity index is 0.000000173. The van der Waals surface area contributed by atoms with E-state index in [1.807, 2.05) is 13.8 Å². The number of benzene rings is 4. The molecule has 6 rings (SSSR count). The second-order valence-electron chi connectivity index (χ2n) is 10.9. The van der Waals surface area contributed by atoms with Gasteiger partial charge in [0.05, 0.1) is 22.0 Å². The third-order valence-electron chi connectivity index (χ3n) is 7.79. The molecule has 2 aliphatic rings. The standard InChI is InChI=1S/C18H18O5.C16H14O4/c1-18(12-3-5-13(19)6-4-12)10-22-16-9-14(23-11-21-2)7-8-15(16)17(18)20;1-16(10-2-4-11(17)5-3-10)9-20-14-8-12(18)6-7-13(14)15(16)19/h3-9,19H,10-11H2,1-2H3;2-8,17-18H,9H2,1H3. The Morgan fingerprint density at radius 1 is 0.651 bits per heavy atom. The number of phenolic OH excluding ortho intramolecular Hbond substituents is 3. The van der Waals surface area contributed by atoms with Crippen molar-refractivity contribution in [1.29, 1.82) is 0 Å². The molecule has 0 radical (unpaired) electrons. The van der Waals surface area contributed by atoms with E-state index in [1.165, 1.54) is 12.1 Å². The molecule has 222 valence electrons. The summed E-state index contributed by atoms with van der Waals surface area (Å²) in [6, 6.07) is 22.8. The summed E-state index contributed by atoms with van der Waals surface area (Å²) in [6.07, 6.45) is 0. The van der Waals surface area contributed by atoms with Gasteiger partial charge in [0.1, 0.15) is 47.7 Å². The van der Waals surface area contributed by atoms with Gasteiger partial charge in [-0.05, 0) is 73.5 Å². The molecule has 2 heterocycles. The summed E-state index contributed by atoms with van der Waals surface area (Å²) < 4.78 is 21.7. The Bertz CT molecular complexity index is 1650. The lowest BCUT2D eigenvalue weighted by atomic mass is 9.75. The highest BCUT2D eigenvalue weighted by Crippen LogP contribution is 2.40. The molecule has 4 aromatic rings. The number of ether oxygens (including phenoxy) is 4. The molecule has 2 aliphatic heterocycles.